The third-order valence-electron chi connectivity index (χ3n) is 5.21. The van der Waals surface area contributed by atoms with Gasteiger partial charge in [-0.1, -0.05) is 25.3 Å². The minimum atomic E-state index is -0.358. The average molecular weight is 339 g/mol. The fourth-order valence-electron chi connectivity index (χ4n) is 3.85. The molecule has 0 amide bonds. The molecule has 0 N–H and O–H groups in total. The van der Waals surface area contributed by atoms with Gasteiger partial charge in [-0.05, 0) is 45.7 Å². The van der Waals surface area contributed by atoms with E-state index in [0.717, 1.165) is 5.56 Å². The lowest BCUT2D eigenvalue weighted by atomic mass is 9.95. The topological polar surface area (TPSA) is 60.4 Å². The molecule has 132 valence electrons. The molecule has 1 aromatic heterocycles. The Morgan fingerprint density at radius 2 is 1.88 bits per heavy atom. The van der Waals surface area contributed by atoms with Gasteiger partial charge in [0.2, 0.25) is 0 Å². The Hall–Kier alpha value is -2.43. The van der Waals surface area contributed by atoms with Gasteiger partial charge in [-0.2, -0.15) is 0 Å². The Labute approximate surface area is 148 Å². The van der Waals surface area contributed by atoms with Crippen LogP contribution in [-0.4, -0.2) is 15.7 Å². The van der Waals surface area contributed by atoms with Crippen LogP contribution in [0.15, 0.2) is 29.3 Å². The first-order valence-electron chi connectivity index (χ1n) is 8.95. The number of aromatic nitrogens is 1. The summed E-state index contributed by atoms with van der Waals surface area (Å²) in [6.07, 6.45) is 8.27. The van der Waals surface area contributed by atoms with Crippen molar-refractivity contribution in [2.75, 3.05) is 0 Å². The molecular formula is C20H25N3O2. The standard InChI is InChI=1S/C20H25N3O2/c1-14-9-10-18(12-20(14)23(24)25)21-13-17-11-15(2)22(16(17)3)19-7-5-4-6-8-19/h9-13,19H,4-8H2,1-3H3. The number of aliphatic imine (C=N–C) groups is 1. The third kappa shape index (κ3) is 3.65. The number of nitro groups is 1. The molecule has 0 unspecified atom stereocenters. The number of aryl methyl sites for hydroxylation is 2. The van der Waals surface area contributed by atoms with Gasteiger partial charge in [-0.25, -0.2) is 0 Å². The highest BCUT2D eigenvalue weighted by atomic mass is 16.6. The van der Waals surface area contributed by atoms with E-state index >= 15 is 0 Å². The molecule has 25 heavy (non-hydrogen) atoms. The monoisotopic (exact) mass is 339 g/mol. The summed E-state index contributed by atoms with van der Waals surface area (Å²) >= 11 is 0. The van der Waals surface area contributed by atoms with Crippen LogP contribution >= 0.6 is 0 Å². The number of benzene rings is 1. The maximum Gasteiger partial charge on any atom is 0.274 e. The number of hydrogen-bond acceptors (Lipinski definition) is 3. The fourth-order valence-corrected chi connectivity index (χ4v) is 3.85. The molecule has 2 aromatic rings. The van der Waals surface area contributed by atoms with Crippen molar-refractivity contribution >= 4 is 17.6 Å². The molecule has 1 aromatic carbocycles. The van der Waals surface area contributed by atoms with E-state index in [1.807, 2.05) is 12.3 Å². The quantitative estimate of drug-likeness (QED) is 0.415. The first kappa shape index (κ1) is 17.4. The Morgan fingerprint density at radius 1 is 1.16 bits per heavy atom. The van der Waals surface area contributed by atoms with Crippen molar-refractivity contribution < 1.29 is 4.92 Å². The van der Waals surface area contributed by atoms with Crippen molar-refractivity contribution in [3.05, 3.63) is 56.9 Å². The van der Waals surface area contributed by atoms with Crippen LogP contribution in [0.2, 0.25) is 0 Å². The Morgan fingerprint density at radius 3 is 2.56 bits per heavy atom. The Bertz CT molecular complexity index is 815. The maximum atomic E-state index is 11.1. The zero-order valence-electron chi connectivity index (χ0n) is 15.2. The summed E-state index contributed by atoms with van der Waals surface area (Å²) in [4.78, 5) is 15.2. The van der Waals surface area contributed by atoms with Gasteiger partial charge >= 0.3 is 0 Å². The van der Waals surface area contributed by atoms with Crippen molar-refractivity contribution in [2.45, 2.75) is 58.9 Å². The fraction of sp³-hybridized carbons (Fsp3) is 0.450. The van der Waals surface area contributed by atoms with Gasteiger partial charge in [-0.3, -0.25) is 15.1 Å². The zero-order chi connectivity index (χ0) is 18.0. The number of nitro benzene ring substituents is 1. The summed E-state index contributed by atoms with van der Waals surface area (Å²) in [5.74, 6) is 0. The maximum absolute atomic E-state index is 11.1. The lowest BCUT2D eigenvalue weighted by Gasteiger charge is -2.26. The molecular weight excluding hydrogens is 314 g/mol. The van der Waals surface area contributed by atoms with Gasteiger partial charge in [0, 0.05) is 40.8 Å². The molecule has 5 heteroatoms. The van der Waals surface area contributed by atoms with Gasteiger partial charge in [0.25, 0.3) is 5.69 Å². The van der Waals surface area contributed by atoms with E-state index in [0.29, 0.717) is 17.3 Å². The van der Waals surface area contributed by atoms with E-state index < -0.39 is 0 Å². The van der Waals surface area contributed by atoms with Gasteiger partial charge in [0.1, 0.15) is 0 Å². The lowest BCUT2D eigenvalue weighted by Crippen LogP contribution is -2.15. The van der Waals surface area contributed by atoms with E-state index in [2.05, 4.69) is 29.5 Å². The van der Waals surface area contributed by atoms with Crippen LogP contribution in [0.25, 0.3) is 0 Å². The molecule has 0 atom stereocenters. The molecule has 1 fully saturated rings. The molecule has 1 saturated carbocycles. The lowest BCUT2D eigenvalue weighted by molar-refractivity contribution is -0.385. The molecule has 5 nitrogen and oxygen atoms in total. The van der Waals surface area contributed by atoms with Gasteiger partial charge in [0.15, 0.2) is 0 Å². The largest absolute Gasteiger partial charge is 0.345 e. The normalized spacial score (nSPS) is 15.8. The van der Waals surface area contributed by atoms with Crippen molar-refractivity contribution in [1.29, 1.82) is 0 Å². The minimum Gasteiger partial charge on any atom is -0.345 e. The van der Waals surface area contributed by atoms with E-state index in [1.165, 1.54) is 49.6 Å². The molecule has 1 aliphatic carbocycles. The molecule has 1 aliphatic rings. The van der Waals surface area contributed by atoms with Crippen molar-refractivity contribution in [2.24, 2.45) is 4.99 Å². The van der Waals surface area contributed by atoms with Crippen LogP contribution in [0.5, 0.6) is 0 Å². The van der Waals surface area contributed by atoms with Crippen molar-refractivity contribution in [3.8, 4) is 0 Å². The second-order valence-electron chi connectivity index (χ2n) is 6.97. The van der Waals surface area contributed by atoms with Crippen LogP contribution in [0.1, 0.15) is 60.7 Å². The molecule has 0 saturated heterocycles. The molecule has 1 heterocycles. The first-order valence-corrected chi connectivity index (χ1v) is 8.95. The predicted molar refractivity (Wildman–Crippen MR) is 101 cm³/mol. The molecule has 3 rings (SSSR count). The van der Waals surface area contributed by atoms with E-state index in [-0.39, 0.29) is 10.6 Å². The molecule has 0 radical (unpaired) electrons. The highest BCUT2D eigenvalue weighted by molar-refractivity contribution is 5.84. The zero-order valence-corrected chi connectivity index (χ0v) is 15.2. The van der Waals surface area contributed by atoms with Crippen molar-refractivity contribution in [1.82, 2.24) is 4.57 Å². The average Bonchev–Trinajstić information content (AvgIpc) is 2.88. The second-order valence-corrected chi connectivity index (χ2v) is 6.97. The van der Waals surface area contributed by atoms with Gasteiger partial charge < -0.3 is 4.57 Å². The SMILES string of the molecule is Cc1ccc(N=Cc2cc(C)n(C3CCCCC3)c2C)cc1[N+](=O)[O-]. The third-order valence-corrected chi connectivity index (χ3v) is 5.21. The van der Waals surface area contributed by atoms with E-state index in [9.17, 15) is 10.1 Å². The Balaban J connectivity index is 1.87. The van der Waals surface area contributed by atoms with Crippen LogP contribution in [0, 0.1) is 30.9 Å². The van der Waals surface area contributed by atoms with Crippen LogP contribution < -0.4 is 0 Å². The van der Waals surface area contributed by atoms with Crippen LogP contribution in [0.4, 0.5) is 11.4 Å². The van der Waals surface area contributed by atoms with Crippen LogP contribution in [-0.2, 0) is 0 Å². The van der Waals surface area contributed by atoms with Crippen LogP contribution in [0.3, 0.4) is 0 Å². The summed E-state index contributed by atoms with van der Waals surface area (Å²) < 4.78 is 2.44. The minimum absolute atomic E-state index is 0.113. The smallest absolute Gasteiger partial charge is 0.274 e. The van der Waals surface area contributed by atoms with E-state index in [4.69, 9.17) is 0 Å². The highest BCUT2D eigenvalue weighted by Gasteiger charge is 2.19. The summed E-state index contributed by atoms with van der Waals surface area (Å²) in [7, 11) is 0. The van der Waals surface area contributed by atoms with Gasteiger partial charge in [0.05, 0.1) is 10.6 Å². The summed E-state index contributed by atoms with van der Waals surface area (Å²) in [6.45, 7) is 6.03. The van der Waals surface area contributed by atoms with Crippen molar-refractivity contribution in [3.63, 3.8) is 0 Å². The summed E-state index contributed by atoms with van der Waals surface area (Å²) in [6, 6.07) is 7.86. The second kappa shape index (κ2) is 7.21. The summed E-state index contributed by atoms with van der Waals surface area (Å²) in [5, 5.41) is 11.1. The first-order chi connectivity index (χ1) is 12.0. The predicted octanol–water partition coefficient (Wildman–Crippen LogP) is 5.58. The van der Waals surface area contributed by atoms with E-state index in [1.54, 1.807) is 13.0 Å². The number of nitrogens with zero attached hydrogens (tertiary/aromatic N) is 3. The molecule has 0 aliphatic heterocycles. The Kier molecular flexibility index (Phi) is 5.02. The molecule has 0 spiro atoms. The number of hydrogen-bond donors (Lipinski definition) is 0. The van der Waals surface area contributed by atoms with Gasteiger partial charge in [-0.15, -0.1) is 0 Å². The summed E-state index contributed by atoms with van der Waals surface area (Å²) in [5.41, 5.74) is 4.96. The number of rotatable bonds is 4. The highest BCUT2D eigenvalue weighted by Crippen LogP contribution is 2.32. The molecule has 0 bridgehead atoms.